The summed E-state index contributed by atoms with van der Waals surface area (Å²) in [5, 5.41) is 11.2. The molecule has 0 spiro atoms. The predicted molar refractivity (Wildman–Crippen MR) is 78.6 cm³/mol. The second-order valence-electron chi connectivity index (χ2n) is 4.33. The molecule has 6 nitrogen and oxygen atoms in total. The lowest BCUT2D eigenvalue weighted by atomic mass is 10.3. The molecular formula is C15H18N2O4. The van der Waals surface area contributed by atoms with Gasteiger partial charge in [-0.15, -0.1) is 0 Å². The zero-order valence-electron chi connectivity index (χ0n) is 11.6. The van der Waals surface area contributed by atoms with Gasteiger partial charge in [-0.1, -0.05) is 12.1 Å². The van der Waals surface area contributed by atoms with Gasteiger partial charge in [0, 0.05) is 25.3 Å². The molecule has 6 heteroatoms. The van der Waals surface area contributed by atoms with Gasteiger partial charge in [0.05, 0.1) is 13.2 Å². The van der Waals surface area contributed by atoms with E-state index in [0.29, 0.717) is 37.7 Å². The number of carbonyl (C=O) groups is 1. The molecule has 0 aliphatic heterocycles. The quantitative estimate of drug-likeness (QED) is 0.566. The van der Waals surface area contributed by atoms with E-state index in [0.717, 1.165) is 5.52 Å². The maximum absolute atomic E-state index is 11.6. The van der Waals surface area contributed by atoms with Gasteiger partial charge in [0.1, 0.15) is 5.52 Å². The van der Waals surface area contributed by atoms with E-state index >= 15 is 0 Å². The number of aliphatic hydroxyl groups is 1. The van der Waals surface area contributed by atoms with Crippen molar-refractivity contribution in [3.8, 4) is 0 Å². The van der Waals surface area contributed by atoms with Crippen molar-refractivity contribution in [1.29, 1.82) is 0 Å². The minimum Gasteiger partial charge on any atom is -0.437 e. The number of aromatic nitrogens is 1. The van der Waals surface area contributed by atoms with Crippen molar-refractivity contribution in [2.75, 3.05) is 26.4 Å². The van der Waals surface area contributed by atoms with Crippen LogP contribution in [-0.4, -0.2) is 42.4 Å². The molecule has 1 heterocycles. The molecule has 0 aliphatic carbocycles. The molecule has 0 bridgehead atoms. The topological polar surface area (TPSA) is 84.6 Å². The van der Waals surface area contributed by atoms with E-state index in [1.54, 1.807) is 0 Å². The SMILES string of the molecule is O=C(/C=C/c1nc2ccccc2o1)NCCCOCCO. The fourth-order valence-corrected chi connectivity index (χ4v) is 1.72. The summed E-state index contributed by atoms with van der Waals surface area (Å²) < 4.78 is 10.6. The second-order valence-corrected chi connectivity index (χ2v) is 4.33. The Labute approximate surface area is 122 Å². The van der Waals surface area contributed by atoms with Gasteiger partial charge >= 0.3 is 0 Å². The van der Waals surface area contributed by atoms with Crippen LogP contribution in [-0.2, 0) is 9.53 Å². The van der Waals surface area contributed by atoms with E-state index < -0.39 is 0 Å². The molecule has 0 saturated carbocycles. The number of hydrogen-bond donors (Lipinski definition) is 2. The maximum atomic E-state index is 11.6. The number of nitrogens with one attached hydrogen (secondary N) is 1. The molecule has 1 amide bonds. The van der Waals surface area contributed by atoms with Crippen LogP contribution in [0.15, 0.2) is 34.8 Å². The van der Waals surface area contributed by atoms with E-state index in [4.69, 9.17) is 14.3 Å². The third-order valence-corrected chi connectivity index (χ3v) is 2.69. The summed E-state index contributed by atoms with van der Waals surface area (Å²) in [4.78, 5) is 15.8. The molecule has 1 aromatic heterocycles. The van der Waals surface area contributed by atoms with E-state index in [2.05, 4.69) is 10.3 Å². The molecule has 112 valence electrons. The Bertz CT molecular complexity index is 573. The number of benzene rings is 1. The predicted octanol–water partition coefficient (Wildman–Crippen LogP) is 1.36. The van der Waals surface area contributed by atoms with Crippen molar-refractivity contribution in [2.24, 2.45) is 0 Å². The summed E-state index contributed by atoms with van der Waals surface area (Å²) >= 11 is 0. The molecule has 0 unspecified atom stereocenters. The van der Waals surface area contributed by atoms with Crippen LogP contribution < -0.4 is 5.32 Å². The first kappa shape index (κ1) is 15.2. The molecule has 21 heavy (non-hydrogen) atoms. The molecule has 1 aromatic carbocycles. The van der Waals surface area contributed by atoms with Crippen LogP contribution in [0, 0.1) is 0 Å². The molecule has 0 radical (unpaired) electrons. The molecule has 0 fully saturated rings. The second kappa shape index (κ2) is 8.18. The van der Waals surface area contributed by atoms with Crippen LogP contribution in [0.3, 0.4) is 0 Å². The maximum Gasteiger partial charge on any atom is 0.244 e. The van der Waals surface area contributed by atoms with E-state index in [-0.39, 0.29) is 12.5 Å². The summed E-state index contributed by atoms with van der Waals surface area (Å²) in [5.41, 5.74) is 1.46. The first-order chi connectivity index (χ1) is 10.3. The number of para-hydroxylation sites is 2. The third kappa shape index (κ3) is 5.02. The van der Waals surface area contributed by atoms with Crippen LogP contribution in [0.2, 0.25) is 0 Å². The minimum atomic E-state index is -0.209. The molecule has 2 N–H and O–H groups in total. The van der Waals surface area contributed by atoms with E-state index in [1.807, 2.05) is 24.3 Å². The Kier molecular flexibility index (Phi) is 5.93. The summed E-state index contributed by atoms with van der Waals surface area (Å²) in [7, 11) is 0. The summed E-state index contributed by atoms with van der Waals surface area (Å²) in [6, 6.07) is 7.42. The number of amides is 1. The lowest BCUT2D eigenvalue weighted by Crippen LogP contribution is -2.23. The van der Waals surface area contributed by atoms with Gasteiger partial charge in [0.25, 0.3) is 0 Å². The zero-order chi connectivity index (χ0) is 14.9. The summed E-state index contributed by atoms with van der Waals surface area (Å²) in [5.74, 6) is 0.192. The molecule has 0 atom stereocenters. The number of fused-ring (bicyclic) bond motifs is 1. The highest BCUT2D eigenvalue weighted by Gasteiger charge is 2.02. The molecule has 0 saturated heterocycles. The number of nitrogens with zero attached hydrogens (tertiary/aromatic N) is 1. The van der Waals surface area contributed by atoms with Crippen molar-refractivity contribution in [3.05, 3.63) is 36.2 Å². The lowest BCUT2D eigenvalue weighted by molar-refractivity contribution is -0.116. The first-order valence-corrected chi connectivity index (χ1v) is 6.79. The number of hydrogen-bond acceptors (Lipinski definition) is 5. The van der Waals surface area contributed by atoms with Gasteiger partial charge in [-0.05, 0) is 18.6 Å². The Morgan fingerprint density at radius 2 is 2.24 bits per heavy atom. The van der Waals surface area contributed by atoms with E-state index in [1.165, 1.54) is 12.2 Å². The number of ether oxygens (including phenoxy) is 1. The summed E-state index contributed by atoms with van der Waals surface area (Å²) in [6.45, 7) is 1.36. The van der Waals surface area contributed by atoms with Crippen molar-refractivity contribution < 1.29 is 19.1 Å². The molecule has 0 aliphatic rings. The Hall–Kier alpha value is -2.18. The van der Waals surface area contributed by atoms with Crippen molar-refractivity contribution in [1.82, 2.24) is 10.3 Å². The van der Waals surface area contributed by atoms with Gasteiger partial charge in [-0.25, -0.2) is 4.98 Å². The van der Waals surface area contributed by atoms with Gasteiger partial charge < -0.3 is 19.6 Å². The largest absolute Gasteiger partial charge is 0.437 e. The van der Waals surface area contributed by atoms with Crippen LogP contribution >= 0.6 is 0 Å². The summed E-state index contributed by atoms with van der Waals surface area (Å²) in [6.07, 6.45) is 3.62. The Balaban J connectivity index is 1.74. The third-order valence-electron chi connectivity index (χ3n) is 2.69. The van der Waals surface area contributed by atoms with Gasteiger partial charge in [0.15, 0.2) is 5.58 Å². The number of rotatable bonds is 8. The van der Waals surface area contributed by atoms with Gasteiger partial charge in [-0.2, -0.15) is 0 Å². The smallest absolute Gasteiger partial charge is 0.244 e. The standard InChI is InChI=1S/C15H18N2O4/c18-9-11-20-10-3-8-16-14(19)6-7-15-17-12-4-1-2-5-13(12)21-15/h1-2,4-7,18H,3,8-11H2,(H,16,19)/b7-6+. The average Bonchev–Trinajstić information content (AvgIpc) is 2.91. The van der Waals surface area contributed by atoms with Crippen molar-refractivity contribution >= 4 is 23.1 Å². The minimum absolute atomic E-state index is 0.0135. The van der Waals surface area contributed by atoms with E-state index in [9.17, 15) is 4.79 Å². The first-order valence-electron chi connectivity index (χ1n) is 6.79. The highest BCUT2D eigenvalue weighted by Crippen LogP contribution is 2.15. The van der Waals surface area contributed by atoms with Gasteiger partial charge in [0.2, 0.25) is 11.8 Å². The van der Waals surface area contributed by atoms with Crippen molar-refractivity contribution in [2.45, 2.75) is 6.42 Å². The normalized spacial score (nSPS) is 11.3. The monoisotopic (exact) mass is 290 g/mol. The van der Waals surface area contributed by atoms with Crippen molar-refractivity contribution in [3.63, 3.8) is 0 Å². The Morgan fingerprint density at radius 3 is 3.05 bits per heavy atom. The van der Waals surface area contributed by atoms with Crippen LogP contribution in [0.1, 0.15) is 12.3 Å². The highest BCUT2D eigenvalue weighted by molar-refractivity contribution is 5.91. The van der Waals surface area contributed by atoms with Gasteiger partial charge in [-0.3, -0.25) is 4.79 Å². The number of aliphatic hydroxyl groups excluding tert-OH is 1. The molecule has 2 rings (SSSR count). The Morgan fingerprint density at radius 1 is 1.38 bits per heavy atom. The fraction of sp³-hybridized carbons (Fsp3) is 0.333. The number of carbonyl (C=O) groups excluding carboxylic acids is 1. The van der Waals surface area contributed by atoms with Crippen LogP contribution in [0.25, 0.3) is 17.2 Å². The zero-order valence-corrected chi connectivity index (χ0v) is 11.6. The van der Waals surface area contributed by atoms with Crippen LogP contribution in [0.4, 0.5) is 0 Å². The lowest BCUT2D eigenvalue weighted by Gasteiger charge is -2.02. The highest BCUT2D eigenvalue weighted by atomic mass is 16.5. The van der Waals surface area contributed by atoms with Crippen LogP contribution in [0.5, 0.6) is 0 Å². The molecular weight excluding hydrogens is 272 g/mol. The number of oxazole rings is 1. The fourth-order valence-electron chi connectivity index (χ4n) is 1.72. The molecule has 2 aromatic rings. The average molecular weight is 290 g/mol.